The number of nitrogens with one attached hydrogen (secondary N) is 1. The van der Waals surface area contributed by atoms with Crippen molar-refractivity contribution in [1.82, 2.24) is 5.32 Å². The maximum atomic E-state index is 9.37. The first kappa shape index (κ1) is 13.3. The van der Waals surface area contributed by atoms with Crippen LogP contribution in [0.25, 0.3) is 0 Å². The van der Waals surface area contributed by atoms with Crippen LogP contribution in [0.15, 0.2) is 46.9 Å². The summed E-state index contributed by atoms with van der Waals surface area (Å²) in [6.07, 6.45) is 0.753. The van der Waals surface area contributed by atoms with Gasteiger partial charge >= 0.3 is 0 Å². The third-order valence-electron chi connectivity index (χ3n) is 2.88. The molecule has 0 saturated heterocycles. The fourth-order valence-electron chi connectivity index (χ4n) is 1.88. The smallest absolute Gasteiger partial charge is 0.203 e. The van der Waals surface area contributed by atoms with Crippen LogP contribution in [0, 0.1) is 11.3 Å². The van der Waals surface area contributed by atoms with E-state index in [1.54, 1.807) is 12.1 Å². The Balaban J connectivity index is 1.87. The zero-order valence-electron chi connectivity index (χ0n) is 10.5. The van der Waals surface area contributed by atoms with Crippen molar-refractivity contribution in [3.63, 3.8) is 0 Å². The fourth-order valence-corrected chi connectivity index (χ4v) is 1.88. The molecule has 1 atom stereocenters. The number of nitriles is 1. The largest absolute Gasteiger partial charge is 0.449 e. The van der Waals surface area contributed by atoms with Crippen molar-refractivity contribution in [3.8, 4) is 6.07 Å². The molecule has 0 aliphatic carbocycles. The van der Waals surface area contributed by atoms with E-state index in [0.717, 1.165) is 6.42 Å². The Morgan fingerprint density at radius 2 is 2.00 bits per heavy atom. The zero-order chi connectivity index (χ0) is 13.5. The van der Waals surface area contributed by atoms with Crippen molar-refractivity contribution in [2.45, 2.75) is 19.0 Å². The van der Waals surface area contributed by atoms with Crippen LogP contribution in [0.5, 0.6) is 0 Å². The van der Waals surface area contributed by atoms with Crippen molar-refractivity contribution in [3.05, 3.63) is 59.5 Å². The highest BCUT2D eigenvalue weighted by Gasteiger charge is 2.09. The monoisotopic (exact) mass is 256 g/mol. The Labute approximate surface area is 112 Å². The van der Waals surface area contributed by atoms with Gasteiger partial charge in [-0.1, -0.05) is 30.3 Å². The lowest BCUT2D eigenvalue weighted by molar-refractivity contribution is 0.238. The van der Waals surface area contributed by atoms with E-state index in [1.165, 1.54) is 5.56 Å². The van der Waals surface area contributed by atoms with E-state index >= 15 is 0 Å². The molecule has 0 bridgehead atoms. The predicted octanol–water partition coefficient (Wildman–Crippen LogP) is 1.84. The first-order chi connectivity index (χ1) is 9.31. The molecule has 0 aliphatic heterocycles. The lowest BCUT2D eigenvalue weighted by atomic mass is 10.1. The molecule has 0 saturated carbocycles. The third-order valence-corrected chi connectivity index (χ3v) is 2.88. The Morgan fingerprint density at radius 3 is 2.63 bits per heavy atom. The molecule has 0 fully saturated rings. The lowest BCUT2D eigenvalue weighted by Gasteiger charge is -2.15. The number of furan rings is 1. The summed E-state index contributed by atoms with van der Waals surface area (Å²) >= 11 is 0. The van der Waals surface area contributed by atoms with Crippen LogP contribution < -0.4 is 5.32 Å². The molecule has 2 rings (SSSR count). The molecule has 4 heteroatoms. The first-order valence-corrected chi connectivity index (χ1v) is 6.19. The summed E-state index contributed by atoms with van der Waals surface area (Å²) in [5, 5.41) is 21.3. The van der Waals surface area contributed by atoms with Gasteiger partial charge in [0, 0.05) is 6.04 Å². The molecule has 2 N–H and O–H groups in total. The van der Waals surface area contributed by atoms with Crippen LogP contribution >= 0.6 is 0 Å². The van der Waals surface area contributed by atoms with E-state index < -0.39 is 0 Å². The third kappa shape index (κ3) is 3.95. The van der Waals surface area contributed by atoms with Gasteiger partial charge in [-0.05, 0) is 24.1 Å². The van der Waals surface area contributed by atoms with E-state index in [1.807, 2.05) is 36.4 Å². The molecule has 0 aliphatic rings. The Hall–Kier alpha value is -2.09. The Kier molecular flexibility index (Phi) is 4.73. The van der Waals surface area contributed by atoms with Crippen molar-refractivity contribution >= 4 is 0 Å². The quantitative estimate of drug-likeness (QED) is 0.827. The molecular formula is C15H16N2O2. The van der Waals surface area contributed by atoms with Gasteiger partial charge < -0.3 is 14.8 Å². The molecule has 4 nitrogen and oxygen atoms in total. The molecule has 0 radical (unpaired) electrons. The summed E-state index contributed by atoms with van der Waals surface area (Å²) < 4.78 is 5.27. The second-order valence-electron chi connectivity index (χ2n) is 4.33. The number of rotatable bonds is 6. The average molecular weight is 256 g/mol. The van der Waals surface area contributed by atoms with Gasteiger partial charge in [-0.25, -0.2) is 0 Å². The van der Waals surface area contributed by atoms with Crippen LogP contribution in [-0.4, -0.2) is 17.8 Å². The number of aliphatic hydroxyl groups excluding tert-OH is 1. The van der Waals surface area contributed by atoms with Gasteiger partial charge in [0.25, 0.3) is 0 Å². The summed E-state index contributed by atoms with van der Waals surface area (Å²) in [4.78, 5) is 0. The minimum Gasteiger partial charge on any atom is -0.449 e. The van der Waals surface area contributed by atoms with Gasteiger partial charge in [0.15, 0.2) is 0 Å². The SMILES string of the molecule is N#Cc1ccc(CN[C@@H](CO)Cc2ccccc2)o1. The van der Waals surface area contributed by atoms with E-state index in [-0.39, 0.29) is 12.6 Å². The van der Waals surface area contributed by atoms with E-state index in [9.17, 15) is 5.11 Å². The van der Waals surface area contributed by atoms with Crippen molar-refractivity contribution in [1.29, 1.82) is 5.26 Å². The highest BCUT2D eigenvalue weighted by molar-refractivity contribution is 5.19. The summed E-state index contributed by atoms with van der Waals surface area (Å²) in [6.45, 7) is 0.556. The van der Waals surface area contributed by atoms with E-state index in [2.05, 4.69) is 5.32 Å². The molecule has 1 aromatic heterocycles. The number of aliphatic hydroxyl groups is 1. The summed E-state index contributed by atoms with van der Waals surface area (Å²) in [5.74, 6) is 1.00. The Bertz CT molecular complexity index is 543. The first-order valence-electron chi connectivity index (χ1n) is 6.19. The molecular weight excluding hydrogens is 240 g/mol. The van der Waals surface area contributed by atoms with E-state index in [0.29, 0.717) is 18.1 Å². The maximum absolute atomic E-state index is 9.37. The molecule has 2 aromatic rings. The van der Waals surface area contributed by atoms with Gasteiger partial charge in [-0.2, -0.15) is 5.26 Å². The molecule has 0 spiro atoms. The van der Waals surface area contributed by atoms with Crippen molar-refractivity contribution < 1.29 is 9.52 Å². The maximum Gasteiger partial charge on any atom is 0.203 e. The molecule has 98 valence electrons. The van der Waals surface area contributed by atoms with Crippen LogP contribution in [0.2, 0.25) is 0 Å². The number of nitrogens with zero attached hydrogens (tertiary/aromatic N) is 1. The summed E-state index contributed by atoms with van der Waals surface area (Å²) in [6, 6.07) is 15.3. The molecule has 1 heterocycles. The van der Waals surface area contributed by atoms with Crippen LogP contribution in [0.4, 0.5) is 0 Å². The highest BCUT2D eigenvalue weighted by Crippen LogP contribution is 2.08. The topological polar surface area (TPSA) is 69.2 Å². The molecule has 1 aromatic carbocycles. The summed E-state index contributed by atoms with van der Waals surface area (Å²) in [7, 11) is 0. The minimum atomic E-state index is -0.0296. The van der Waals surface area contributed by atoms with Crippen LogP contribution in [-0.2, 0) is 13.0 Å². The van der Waals surface area contributed by atoms with Gasteiger partial charge in [-0.3, -0.25) is 0 Å². The van der Waals surface area contributed by atoms with Crippen molar-refractivity contribution in [2.75, 3.05) is 6.61 Å². The van der Waals surface area contributed by atoms with Crippen LogP contribution in [0.3, 0.4) is 0 Å². The lowest BCUT2D eigenvalue weighted by Crippen LogP contribution is -2.33. The summed E-state index contributed by atoms with van der Waals surface area (Å²) in [5.41, 5.74) is 1.17. The molecule has 0 amide bonds. The standard InChI is InChI=1S/C15H16N2O2/c16-9-14-6-7-15(19-14)10-17-13(11-18)8-12-4-2-1-3-5-12/h1-7,13,17-18H,8,10-11H2/t13-/m1/s1. The van der Waals surface area contributed by atoms with Gasteiger partial charge in [0.2, 0.25) is 5.76 Å². The zero-order valence-corrected chi connectivity index (χ0v) is 10.5. The van der Waals surface area contributed by atoms with Crippen molar-refractivity contribution in [2.24, 2.45) is 0 Å². The van der Waals surface area contributed by atoms with E-state index in [4.69, 9.17) is 9.68 Å². The fraction of sp³-hybridized carbons (Fsp3) is 0.267. The highest BCUT2D eigenvalue weighted by atomic mass is 16.3. The second-order valence-corrected chi connectivity index (χ2v) is 4.33. The molecule has 19 heavy (non-hydrogen) atoms. The Morgan fingerprint density at radius 1 is 1.21 bits per heavy atom. The number of hydrogen-bond donors (Lipinski definition) is 2. The second kappa shape index (κ2) is 6.74. The van der Waals surface area contributed by atoms with Crippen LogP contribution in [0.1, 0.15) is 17.1 Å². The van der Waals surface area contributed by atoms with Gasteiger partial charge in [0.05, 0.1) is 13.2 Å². The van der Waals surface area contributed by atoms with Gasteiger partial charge in [-0.15, -0.1) is 0 Å². The molecule has 0 unspecified atom stereocenters. The predicted molar refractivity (Wildman–Crippen MR) is 71.3 cm³/mol. The van der Waals surface area contributed by atoms with Gasteiger partial charge in [0.1, 0.15) is 11.8 Å². The number of hydrogen-bond acceptors (Lipinski definition) is 4. The number of benzene rings is 1. The average Bonchev–Trinajstić information content (AvgIpc) is 2.92. The minimum absolute atomic E-state index is 0.0296. The normalized spacial score (nSPS) is 12.0.